The molecule has 14 rings (SSSR count). The van der Waals surface area contributed by atoms with Crippen LogP contribution in [0, 0.1) is 0 Å². The molecule has 0 amide bonds. The van der Waals surface area contributed by atoms with Gasteiger partial charge in [-0.15, -0.1) is 0 Å². The van der Waals surface area contributed by atoms with Crippen molar-refractivity contribution in [3.8, 4) is 11.1 Å². The Kier molecular flexibility index (Phi) is 7.63. The maximum absolute atomic E-state index is 6.73. The lowest BCUT2D eigenvalue weighted by Crippen LogP contribution is -2.03. The largest absolute Gasteiger partial charge is 0.456 e. The smallest absolute Gasteiger partial charge is 0.144 e. The molecule has 4 heteroatoms. The SMILES string of the molecule is C=C1CC(c2cccc3oc4cccc(-c5ccc6oc7ccccc7c6c5)c4c23)=CC(c2cccc3c2oc2ccccc23)=NC1c1ccc2c3ccccc3c3ccccc3c2c1. The van der Waals surface area contributed by atoms with E-state index in [0.717, 1.165) is 110 Å². The molecule has 1 unspecified atom stereocenters. The summed E-state index contributed by atoms with van der Waals surface area (Å²) in [6, 6.07) is 66.2. The van der Waals surface area contributed by atoms with E-state index in [-0.39, 0.29) is 6.04 Å². The molecule has 304 valence electrons. The molecule has 13 aromatic rings. The molecule has 1 aliphatic rings. The Labute approximate surface area is 372 Å². The van der Waals surface area contributed by atoms with E-state index in [4.69, 9.17) is 24.8 Å². The normalized spacial score (nSPS) is 14.8. The number of fused-ring (bicyclic) bond motifs is 15. The third-order valence-electron chi connectivity index (χ3n) is 13.7. The van der Waals surface area contributed by atoms with Crippen LogP contribution in [0.1, 0.15) is 29.2 Å². The summed E-state index contributed by atoms with van der Waals surface area (Å²) in [6.45, 7) is 4.87. The first-order valence-corrected chi connectivity index (χ1v) is 22.2. The zero-order valence-corrected chi connectivity index (χ0v) is 35.1. The van der Waals surface area contributed by atoms with E-state index in [2.05, 4.69) is 170 Å². The minimum atomic E-state index is -0.333. The van der Waals surface area contributed by atoms with Gasteiger partial charge in [-0.05, 0) is 127 Å². The summed E-state index contributed by atoms with van der Waals surface area (Å²) < 4.78 is 19.7. The lowest BCUT2D eigenvalue weighted by Gasteiger charge is -2.18. The molecule has 0 fully saturated rings. The highest BCUT2D eigenvalue weighted by Crippen LogP contribution is 2.46. The Morgan fingerprint density at radius 1 is 0.400 bits per heavy atom. The third kappa shape index (κ3) is 5.41. The number of hydrogen-bond acceptors (Lipinski definition) is 4. The van der Waals surface area contributed by atoms with Gasteiger partial charge in [-0.2, -0.15) is 0 Å². The molecule has 0 bridgehead atoms. The fourth-order valence-electron chi connectivity index (χ4n) is 10.8. The summed E-state index contributed by atoms with van der Waals surface area (Å²) in [7, 11) is 0. The summed E-state index contributed by atoms with van der Waals surface area (Å²) in [4.78, 5) is 5.73. The van der Waals surface area contributed by atoms with Gasteiger partial charge in [0.1, 0.15) is 33.5 Å². The van der Waals surface area contributed by atoms with Crippen LogP contribution in [0.3, 0.4) is 0 Å². The number of nitrogens with zero attached hydrogens (tertiary/aromatic N) is 1. The van der Waals surface area contributed by atoms with E-state index in [1.54, 1.807) is 0 Å². The number of benzene rings is 10. The van der Waals surface area contributed by atoms with Crippen LogP contribution in [-0.4, -0.2) is 5.71 Å². The number of rotatable bonds is 4. The molecule has 3 aromatic heterocycles. The molecule has 1 aliphatic heterocycles. The average Bonchev–Trinajstić information content (AvgIpc) is 4.02. The van der Waals surface area contributed by atoms with Gasteiger partial charge in [-0.1, -0.05) is 146 Å². The van der Waals surface area contributed by atoms with Crippen LogP contribution in [0.25, 0.3) is 115 Å². The Hall–Kier alpha value is -8.47. The Morgan fingerprint density at radius 2 is 0.923 bits per heavy atom. The van der Waals surface area contributed by atoms with Crippen LogP contribution >= 0.6 is 0 Å². The van der Waals surface area contributed by atoms with Crippen molar-refractivity contribution < 1.29 is 13.3 Å². The first kappa shape index (κ1) is 36.1. The average molecular weight is 832 g/mol. The molecule has 0 N–H and O–H groups in total. The maximum Gasteiger partial charge on any atom is 0.144 e. The molecule has 1 atom stereocenters. The molecule has 0 saturated heterocycles. The zero-order valence-electron chi connectivity index (χ0n) is 35.1. The van der Waals surface area contributed by atoms with Gasteiger partial charge in [0.15, 0.2) is 0 Å². The van der Waals surface area contributed by atoms with Crippen molar-refractivity contribution in [2.24, 2.45) is 4.99 Å². The number of allylic oxidation sites excluding steroid dienone is 2. The number of aliphatic imine (C=N–C) groups is 1. The van der Waals surface area contributed by atoms with E-state index >= 15 is 0 Å². The highest BCUT2D eigenvalue weighted by atomic mass is 16.3. The molecule has 0 spiro atoms. The first-order valence-electron chi connectivity index (χ1n) is 22.2. The van der Waals surface area contributed by atoms with E-state index in [0.29, 0.717) is 6.42 Å². The fourth-order valence-corrected chi connectivity index (χ4v) is 10.8. The molecular weight excluding hydrogens is 795 g/mol. The van der Waals surface area contributed by atoms with Gasteiger partial charge in [-0.25, -0.2) is 0 Å². The molecule has 4 heterocycles. The van der Waals surface area contributed by atoms with Crippen molar-refractivity contribution >= 4 is 109 Å². The van der Waals surface area contributed by atoms with E-state index in [1.165, 1.54) is 32.3 Å². The van der Waals surface area contributed by atoms with Crippen LogP contribution in [0.2, 0.25) is 0 Å². The predicted molar refractivity (Wildman–Crippen MR) is 270 cm³/mol. The van der Waals surface area contributed by atoms with Crippen molar-refractivity contribution in [3.05, 3.63) is 223 Å². The van der Waals surface area contributed by atoms with Gasteiger partial charge in [0.2, 0.25) is 0 Å². The van der Waals surface area contributed by atoms with Crippen molar-refractivity contribution in [2.75, 3.05) is 0 Å². The number of para-hydroxylation sites is 3. The molecule has 0 radical (unpaired) electrons. The molecule has 65 heavy (non-hydrogen) atoms. The molecule has 0 aliphatic carbocycles. The van der Waals surface area contributed by atoms with Crippen molar-refractivity contribution in [1.29, 1.82) is 0 Å². The van der Waals surface area contributed by atoms with E-state index in [9.17, 15) is 0 Å². The summed E-state index contributed by atoms with van der Waals surface area (Å²) in [5.41, 5.74) is 13.4. The van der Waals surface area contributed by atoms with Crippen LogP contribution < -0.4 is 0 Å². The van der Waals surface area contributed by atoms with E-state index in [1.807, 2.05) is 24.3 Å². The van der Waals surface area contributed by atoms with Crippen molar-refractivity contribution in [1.82, 2.24) is 0 Å². The third-order valence-corrected chi connectivity index (χ3v) is 13.7. The molecular formula is C61H37NO3. The van der Waals surface area contributed by atoms with Gasteiger partial charge in [0.05, 0.1) is 11.8 Å². The zero-order chi connectivity index (χ0) is 42.8. The van der Waals surface area contributed by atoms with Crippen LogP contribution in [0.4, 0.5) is 0 Å². The second-order valence-electron chi connectivity index (χ2n) is 17.4. The van der Waals surface area contributed by atoms with Crippen molar-refractivity contribution in [2.45, 2.75) is 12.5 Å². The van der Waals surface area contributed by atoms with Gasteiger partial charge >= 0.3 is 0 Å². The summed E-state index contributed by atoms with van der Waals surface area (Å²) in [6.07, 6.45) is 2.88. The summed E-state index contributed by atoms with van der Waals surface area (Å²) in [5, 5.41) is 13.9. The quantitative estimate of drug-likeness (QED) is 0.131. The highest BCUT2D eigenvalue weighted by Gasteiger charge is 2.26. The first-order chi connectivity index (χ1) is 32.1. The maximum atomic E-state index is 6.73. The van der Waals surface area contributed by atoms with Crippen molar-refractivity contribution in [3.63, 3.8) is 0 Å². The Balaban J connectivity index is 0.991. The minimum Gasteiger partial charge on any atom is -0.456 e. The topological polar surface area (TPSA) is 51.8 Å². The number of hydrogen-bond donors (Lipinski definition) is 0. The lowest BCUT2D eigenvalue weighted by atomic mass is 9.88. The Bertz CT molecular complexity index is 4210. The second-order valence-corrected chi connectivity index (χ2v) is 17.4. The van der Waals surface area contributed by atoms with Crippen LogP contribution in [-0.2, 0) is 0 Å². The highest BCUT2D eigenvalue weighted by molar-refractivity contribution is 6.26. The van der Waals surface area contributed by atoms with Gasteiger partial charge < -0.3 is 13.3 Å². The van der Waals surface area contributed by atoms with Crippen LogP contribution in [0.5, 0.6) is 0 Å². The Morgan fingerprint density at radius 3 is 1.66 bits per heavy atom. The summed E-state index contributed by atoms with van der Waals surface area (Å²) >= 11 is 0. The lowest BCUT2D eigenvalue weighted by molar-refractivity contribution is 0.668. The predicted octanol–water partition coefficient (Wildman–Crippen LogP) is 17.1. The fraction of sp³-hybridized carbons (Fsp3) is 0.0328. The van der Waals surface area contributed by atoms with Gasteiger partial charge in [0.25, 0.3) is 0 Å². The minimum absolute atomic E-state index is 0.333. The molecule has 4 nitrogen and oxygen atoms in total. The molecule has 10 aromatic carbocycles. The monoisotopic (exact) mass is 831 g/mol. The van der Waals surface area contributed by atoms with Gasteiger partial charge in [-0.3, -0.25) is 4.99 Å². The van der Waals surface area contributed by atoms with Gasteiger partial charge in [0, 0.05) is 37.9 Å². The second kappa shape index (κ2) is 13.8. The van der Waals surface area contributed by atoms with Crippen LogP contribution in [0.15, 0.2) is 225 Å². The summed E-state index contributed by atoms with van der Waals surface area (Å²) in [5.74, 6) is 0. The molecule has 0 saturated carbocycles. The number of furan rings is 3. The standard InChI is InChI=1S/C61H37NO3/c1-35-31-38(40-20-12-26-57-59(40)58-39(19-11-25-56(58)64-57)36-28-30-55-51(32-36)47-18-7-8-23-53(47)63-55)34-52(49-22-10-21-48-46-17-6-9-24-54(46)65-61(48)49)62-60(35)37-27-29-45-43-15-3-2-13-41(43)42-14-4-5-16-44(42)50(45)33-37/h2-30,32-34,60H,1,31H2. The van der Waals surface area contributed by atoms with E-state index < -0.39 is 0 Å².